The zero-order valence-corrected chi connectivity index (χ0v) is 19.1. The van der Waals surface area contributed by atoms with Gasteiger partial charge in [-0.05, 0) is 37.0 Å². The van der Waals surface area contributed by atoms with Crippen LogP contribution in [0.5, 0.6) is 0 Å². The molecular formula is C23H27ClN4O4. The predicted molar refractivity (Wildman–Crippen MR) is 122 cm³/mol. The highest BCUT2D eigenvalue weighted by Crippen LogP contribution is 2.42. The van der Waals surface area contributed by atoms with E-state index in [2.05, 4.69) is 9.97 Å². The second-order valence-corrected chi connectivity index (χ2v) is 8.83. The molecule has 1 aromatic carbocycles. The second kappa shape index (κ2) is 8.94. The molecule has 0 bridgehead atoms. The second-order valence-electron chi connectivity index (χ2n) is 8.40. The highest BCUT2D eigenvalue weighted by Gasteiger charge is 2.44. The third kappa shape index (κ3) is 3.88. The lowest BCUT2D eigenvalue weighted by atomic mass is 9.79. The van der Waals surface area contributed by atoms with Gasteiger partial charge in [0.2, 0.25) is 0 Å². The number of fused-ring (bicyclic) bond motifs is 1. The Hall–Kier alpha value is -2.87. The number of benzene rings is 1. The molecule has 1 N–H and O–H groups in total. The van der Waals surface area contributed by atoms with Crippen LogP contribution < -0.4 is 11.2 Å². The first kappa shape index (κ1) is 22.3. The van der Waals surface area contributed by atoms with Crippen LogP contribution in [-0.4, -0.2) is 25.1 Å². The summed E-state index contributed by atoms with van der Waals surface area (Å²) in [6.45, 7) is 2.40. The van der Waals surface area contributed by atoms with Crippen LogP contribution in [-0.2, 0) is 35.1 Å². The number of aromatic amines is 1. The number of rotatable bonds is 7. The molecule has 2 heterocycles. The van der Waals surface area contributed by atoms with Crippen molar-refractivity contribution in [1.29, 1.82) is 0 Å². The summed E-state index contributed by atoms with van der Waals surface area (Å²) in [5.74, 6) is 0.112. The van der Waals surface area contributed by atoms with Crippen molar-refractivity contribution in [1.82, 2.24) is 19.1 Å². The third-order valence-electron chi connectivity index (χ3n) is 6.42. The quantitative estimate of drug-likeness (QED) is 0.547. The highest BCUT2D eigenvalue weighted by molar-refractivity contribution is 6.30. The van der Waals surface area contributed by atoms with Crippen molar-refractivity contribution in [2.45, 2.75) is 64.0 Å². The van der Waals surface area contributed by atoms with Crippen molar-refractivity contribution < 1.29 is 9.53 Å². The summed E-state index contributed by atoms with van der Waals surface area (Å²) in [4.78, 5) is 44.9. The molecule has 8 nitrogen and oxygen atoms in total. The zero-order valence-electron chi connectivity index (χ0n) is 18.3. The average molecular weight is 459 g/mol. The minimum absolute atomic E-state index is 0.0826. The molecular weight excluding hydrogens is 432 g/mol. The van der Waals surface area contributed by atoms with E-state index < -0.39 is 16.7 Å². The Labute approximate surface area is 190 Å². The fourth-order valence-electron chi connectivity index (χ4n) is 4.57. The molecule has 2 aromatic heterocycles. The van der Waals surface area contributed by atoms with Crippen molar-refractivity contribution in [3.63, 3.8) is 0 Å². The molecule has 0 amide bonds. The summed E-state index contributed by atoms with van der Waals surface area (Å²) in [5, 5.41) is 0.620. The van der Waals surface area contributed by atoms with Gasteiger partial charge in [0, 0.05) is 18.6 Å². The van der Waals surface area contributed by atoms with Crippen LogP contribution in [0.4, 0.5) is 0 Å². The van der Waals surface area contributed by atoms with Gasteiger partial charge in [-0.25, -0.2) is 9.78 Å². The minimum Gasteiger partial charge on any atom is -0.457 e. The molecule has 0 radical (unpaired) electrons. The third-order valence-corrected chi connectivity index (χ3v) is 6.67. The van der Waals surface area contributed by atoms with Crippen LogP contribution in [0.1, 0.15) is 56.8 Å². The van der Waals surface area contributed by atoms with E-state index in [0.29, 0.717) is 41.4 Å². The van der Waals surface area contributed by atoms with Crippen molar-refractivity contribution in [3.05, 3.63) is 61.5 Å². The van der Waals surface area contributed by atoms with Crippen LogP contribution in [0, 0.1) is 0 Å². The molecule has 32 heavy (non-hydrogen) atoms. The first-order valence-corrected chi connectivity index (χ1v) is 11.4. The molecule has 0 spiro atoms. The van der Waals surface area contributed by atoms with Crippen LogP contribution in [0.15, 0.2) is 33.9 Å². The number of halogens is 1. The Balaban J connectivity index is 1.63. The van der Waals surface area contributed by atoms with E-state index in [1.807, 2.05) is 19.1 Å². The van der Waals surface area contributed by atoms with Crippen LogP contribution in [0.3, 0.4) is 0 Å². The van der Waals surface area contributed by atoms with E-state index in [4.69, 9.17) is 16.3 Å². The minimum atomic E-state index is -0.699. The molecule has 0 atom stereocenters. The Morgan fingerprint density at radius 2 is 1.91 bits per heavy atom. The number of carbonyl (C=O) groups is 1. The molecule has 0 unspecified atom stereocenters. The number of hydrogen-bond acceptors (Lipinski definition) is 5. The van der Waals surface area contributed by atoms with Gasteiger partial charge >= 0.3 is 11.7 Å². The van der Waals surface area contributed by atoms with E-state index >= 15 is 0 Å². The maximum absolute atomic E-state index is 13.3. The van der Waals surface area contributed by atoms with Crippen LogP contribution in [0.25, 0.3) is 11.2 Å². The summed E-state index contributed by atoms with van der Waals surface area (Å²) in [6, 6.07) is 7.35. The molecule has 9 heteroatoms. The van der Waals surface area contributed by atoms with Crippen LogP contribution >= 0.6 is 11.6 Å². The molecule has 1 saturated carbocycles. The number of hydrogen-bond donors (Lipinski definition) is 1. The number of carbonyl (C=O) groups excluding carboxylic acids is 1. The maximum Gasteiger partial charge on any atom is 0.330 e. The first-order valence-electron chi connectivity index (χ1n) is 11.0. The maximum atomic E-state index is 13.3. The van der Waals surface area contributed by atoms with E-state index in [0.717, 1.165) is 31.2 Å². The zero-order chi connectivity index (χ0) is 22.9. The Morgan fingerprint density at radius 1 is 1.22 bits per heavy atom. The molecule has 1 fully saturated rings. The van der Waals surface area contributed by atoms with Crippen molar-refractivity contribution >= 4 is 28.7 Å². The van der Waals surface area contributed by atoms with Crippen molar-refractivity contribution in [2.75, 3.05) is 0 Å². The molecule has 0 saturated heterocycles. The number of H-pyrrole nitrogens is 1. The van der Waals surface area contributed by atoms with Gasteiger partial charge in [-0.2, -0.15) is 0 Å². The fourth-order valence-corrected chi connectivity index (χ4v) is 4.70. The molecule has 4 rings (SSSR count). The van der Waals surface area contributed by atoms with Crippen molar-refractivity contribution in [3.8, 4) is 0 Å². The topological polar surface area (TPSA) is 99.0 Å². The summed E-state index contributed by atoms with van der Waals surface area (Å²) >= 11 is 6.03. The van der Waals surface area contributed by atoms with Gasteiger partial charge < -0.3 is 9.30 Å². The largest absolute Gasteiger partial charge is 0.457 e. The van der Waals surface area contributed by atoms with E-state index in [1.54, 1.807) is 23.7 Å². The summed E-state index contributed by atoms with van der Waals surface area (Å²) in [6.07, 6.45) is 5.01. The first-order chi connectivity index (χ1) is 15.4. The van der Waals surface area contributed by atoms with Gasteiger partial charge in [-0.1, -0.05) is 49.9 Å². The highest BCUT2D eigenvalue weighted by atomic mass is 35.5. The number of ether oxygens (including phenoxy) is 1. The molecule has 170 valence electrons. The number of aromatic nitrogens is 4. The lowest BCUT2D eigenvalue weighted by Gasteiger charge is -2.27. The van der Waals surface area contributed by atoms with Gasteiger partial charge in [0.1, 0.15) is 12.4 Å². The standard InChI is InChI=1S/C23H27ClN4O4/c1-3-4-13-28-19-18(20(29)26-22(28)31)27(2)17(25-19)14-32-21(30)23(11-5-6-12-23)15-7-9-16(24)10-8-15/h7-10H,3-6,11-14H2,1-2H3,(H,26,29,31). The van der Waals surface area contributed by atoms with E-state index in [-0.39, 0.29) is 12.6 Å². The number of esters is 1. The SMILES string of the molecule is CCCCn1c(=O)[nH]c(=O)c2c1nc(COC(=O)C1(c3ccc(Cl)cc3)CCCC1)n2C. The van der Waals surface area contributed by atoms with E-state index in [1.165, 1.54) is 4.57 Å². The Kier molecular flexibility index (Phi) is 6.24. The van der Waals surface area contributed by atoms with E-state index in [9.17, 15) is 14.4 Å². The van der Waals surface area contributed by atoms with Gasteiger partial charge in [0.05, 0.1) is 5.41 Å². The van der Waals surface area contributed by atoms with Gasteiger partial charge in [0.15, 0.2) is 11.2 Å². The molecule has 1 aliphatic rings. The molecule has 0 aliphatic heterocycles. The lowest BCUT2D eigenvalue weighted by molar-refractivity contribution is -0.152. The summed E-state index contributed by atoms with van der Waals surface area (Å²) in [7, 11) is 1.69. The van der Waals surface area contributed by atoms with Gasteiger partial charge in [-0.15, -0.1) is 0 Å². The molecule has 1 aliphatic carbocycles. The summed E-state index contributed by atoms with van der Waals surface area (Å²) < 4.78 is 8.81. The summed E-state index contributed by atoms with van der Waals surface area (Å²) in [5.41, 5.74) is -0.173. The monoisotopic (exact) mass is 458 g/mol. The number of nitrogens with zero attached hydrogens (tertiary/aromatic N) is 3. The van der Waals surface area contributed by atoms with Gasteiger partial charge in [-0.3, -0.25) is 19.1 Å². The number of imidazole rings is 1. The van der Waals surface area contributed by atoms with Crippen LogP contribution in [0.2, 0.25) is 5.02 Å². The predicted octanol–water partition coefficient (Wildman–Crippen LogP) is 3.43. The lowest BCUT2D eigenvalue weighted by Crippen LogP contribution is -2.34. The molecule has 3 aromatic rings. The smallest absolute Gasteiger partial charge is 0.330 e. The van der Waals surface area contributed by atoms with Gasteiger partial charge in [0.25, 0.3) is 5.56 Å². The number of nitrogens with one attached hydrogen (secondary N) is 1. The number of unbranched alkanes of at least 4 members (excludes halogenated alkanes) is 1. The van der Waals surface area contributed by atoms with Crippen molar-refractivity contribution in [2.24, 2.45) is 7.05 Å². The average Bonchev–Trinajstić information content (AvgIpc) is 3.39. The number of aryl methyl sites for hydroxylation is 2. The Bertz CT molecular complexity index is 1250. The fraction of sp³-hybridized carbons (Fsp3) is 0.478. The Morgan fingerprint density at radius 3 is 2.56 bits per heavy atom. The normalized spacial score (nSPS) is 15.3.